The van der Waals surface area contributed by atoms with E-state index >= 15 is 0 Å². The van der Waals surface area contributed by atoms with Gasteiger partial charge in [0, 0.05) is 4.88 Å². The molecular formula is C10H5F2NS. The number of nitriles is 1. The third-order valence-electron chi connectivity index (χ3n) is 1.88. The van der Waals surface area contributed by atoms with Crippen LogP contribution in [-0.4, -0.2) is 0 Å². The van der Waals surface area contributed by atoms with E-state index in [0.29, 0.717) is 5.39 Å². The van der Waals surface area contributed by atoms with Gasteiger partial charge in [0.2, 0.25) is 0 Å². The fourth-order valence-corrected chi connectivity index (χ4v) is 2.28. The third kappa shape index (κ3) is 1.36. The van der Waals surface area contributed by atoms with E-state index in [9.17, 15) is 8.78 Å². The molecule has 0 N–H and O–H groups in total. The molecule has 0 spiro atoms. The number of thiophene rings is 1. The van der Waals surface area contributed by atoms with Crippen LogP contribution in [0.2, 0.25) is 0 Å². The number of nitrogens with zero attached hydrogens (tertiary/aromatic N) is 1. The average molecular weight is 209 g/mol. The van der Waals surface area contributed by atoms with Gasteiger partial charge in [-0.1, -0.05) is 6.07 Å². The summed E-state index contributed by atoms with van der Waals surface area (Å²) in [6, 6.07) is 6.30. The Balaban J connectivity index is 2.66. The van der Waals surface area contributed by atoms with Crippen LogP contribution in [-0.2, 0) is 6.42 Å². The molecule has 0 aliphatic rings. The minimum atomic E-state index is -0.845. The maximum atomic E-state index is 13.2. The zero-order valence-corrected chi connectivity index (χ0v) is 7.87. The van der Waals surface area contributed by atoms with Crippen LogP contribution < -0.4 is 0 Å². The first kappa shape index (κ1) is 9.10. The van der Waals surface area contributed by atoms with Crippen LogP contribution in [0.4, 0.5) is 8.78 Å². The molecule has 0 saturated heterocycles. The zero-order chi connectivity index (χ0) is 10.1. The highest BCUT2D eigenvalue weighted by molar-refractivity contribution is 7.19. The van der Waals surface area contributed by atoms with Crippen LogP contribution in [0.15, 0.2) is 18.2 Å². The Labute approximate surface area is 83.2 Å². The van der Waals surface area contributed by atoms with Crippen LogP contribution >= 0.6 is 11.3 Å². The van der Waals surface area contributed by atoms with Crippen LogP contribution in [0.3, 0.4) is 0 Å². The SMILES string of the molecule is N#CCc1cc2ccc(F)c(F)c2s1. The molecule has 2 rings (SSSR count). The lowest BCUT2D eigenvalue weighted by molar-refractivity contribution is 0.518. The van der Waals surface area contributed by atoms with Gasteiger partial charge in [0.05, 0.1) is 17.2 Å². The van der Waals surface area contributed by atoms with Crippen molar-refractivity contribution in [3.63, 3.8) is 0 Å². The normalized spacial score (nSPS) is 10.4. The fourth-order valence-electron chi connectivity index (χ4n) is 1.26. The fraction of sp³-hybridized carbons (Fsp3) is 0.100. The van der Waals surface area contributed by atoms with E-state index in [-0.39, 0.29) is 11.1 Å². The molecule has 0 fully saturated rings. The lowest BCUT2D eigenvalue weighted by Gasteiger charge is -1.92. The summed E-state index contributed by atoms with van der Waals surface area (Å²) in [6.45, 7) is 0. The Morgan fingerprint density at radius 2 is 2.14 bits per heavy atom. The molecule has 1 nitrogen and oxygen atoms in total. The van der Waals surface area contributed by atoms with E-state index in [2.05, 4.69) is 0 Å². The Morgan fingerprint density at radius 3 is 2.86 bits per heavy atom. The molecule has 0 aliphatic heterocycles. The third-order valence-corrected chi connectivity index (χ3v) is 3.03. The first-order valence-corrected chi connectivity index (χ1v) is 4.77. The zero-order valence-electron chi connectivity index (χ0n) is 7.05. The molecule has 4 heteroatoms. The Bertz CT molecular complexity index is 525. The largest absolute Gasteiger partial charge is 0.204 e. The molecule has 2 aromatic rings. The molecule has 14 heavy (non-hydrogen) atoms. The summed E-state index contributed by atoms with van der Waals surface area (Å²) in [4.78, 5) is 0.756. The van der Waals surface area contributed by atoms with Gasteiger partial charge >= 0.3 is 0 Å². The smallest absolute Gasteiger partial charge is 0.176 e. The van der Waals surface area contributed by atoms with E-state index in [4.69, 9.17) is 5.26 Å². The van der Waals surface area contributed by atoms with E-state index in [1.807, 2.05) is 6.07 Å². The van der Waals surface area contributed by atoms with E-state index in [1.54, 1.807) is 6.07 Å². The maximum Gasteiger partial charge on any atom is 0.176 e. The number of benzene rings is 1. The minimum absolute atomic E-state index is 0.237. The van der Waals surface area contributed by atoms with Gasteiger partial charge in [-0.05, 0) is 17.5 Å². The van der Waals surface area contributed by atoms with E-state index < -0.39 is 11.6 Å². The summed E-state index contributed by atoms with van der Waals surface area (Å²) in [5, 5.41) is 9.11. The summed E-state index contributed by atoms with van der Waals surface area (Å²) in [6.07, 6.45) is 0.237. The molecule has 0 bridgehead atoms. The summed E-state index contributed by atoms with van der Waals surface area (Å²) in [5.41, 5.74) is 0. The lowest BCUT2D eigenvalue weighted by Crippen LogP contribution is -1.80. The van der Waals surface area contributed by atoms with Gasteiger partial charge in [0.25, 0.3) is 0 Å². The van der Waals surface area contributed by atoms with Crippen LogP contribution in [0.25, 0.3) is 10.1 Å². The maximum absolute atomic E-state index is 13.2. The topological polar surface area (TPSA) is 23.8 Å². The van der Waals surface area contributed by atoms with Crippen molar-refractivity contribution in [2.24, 2.45) is 0 Å². The van der Waals surface area contributed by atoms with Gasteiger partial charge < -0.3 is 0 Å². The summed E-state index contributed by atoms with van der Waals surface area (Å²) < 4.78 is 26.3. The molecule has 0 unspecified atom stereocenters. The molecule has 0 amide bonds. The predicted molar refractivity (Wildman–Crippen MR) is 51.1 cm³/mol. The summed E-state index contributed by atoms with van der Waals surface area (Å²) in [5.74, 6) is -1.67. The standard InChI is InChI=1S/C10H5F2NS/c11-8-2-1-6-5-7(3-4-13)14-10(6)9(8)12/h1-2,5H,3H2. The van der Waals surface area contributed by atoms with Gasteiger partial charge in [-0.15, -0.1) is 11.3 Å². The Hall–Kier alpha value is -1.47. The summed E-state index contributed by atoms with van der Waals surface area (Å²) >= 11 is 1.13. The number of rotatable bonds is 1. The van der Waals surface area contributed by atoms with Gasteiger partial charge in [-0.3, -0.25) is 0 Å². The Kier molecular flexibility index (Phi) is 2.18. The quantitative estimate of drug-likeness (QED) is 0.707. The van der Waals surface area contributed by atoms with Gasteiger partial charge in [-0.2, -0.15) is 5.26 Å². The first-order valence-electron chi connectivity index (χ1n) is 3.95. The van der Waals surface area contributed by atoms with Gasteiger partial charge in [0.15, 0.2) is 11.6 Å². The second-order valence-electron chi connectivity index (χ2n) is 2.83. The molecule has 1 heterocycles. The summed E-state index contributed by atoms with van der Waals surface area (Å²) in [7, 11) is 0. The highest BCUT2D eigenvalue weighted by Gasteiger charge is 2.10. The highest BCUT2D eigenvalue weighted by atomic mass is 32.1. The van der Waals surface area contributed by atoms with Crippen molar-refractivity contribution in [3.8, 4) is 6.07 Å². The molecule has 0 saturated carbocycles. The van der Waals surface area contributed by atoms with Crippen molar-refractivity contribution in [3.05, 3.63) is 34.7 Å². The highest BCUT2D eigenvalue weighted by Crippen LogP contribution is 2.29. The van der Waals surface area contributed by atoms with Crippen molar-refractivity contribution in [2.45, 2.75) is 6.42 Å². The van der Waals surface area contributed by atoms with Crippen LogP contribution in [0.1, 0.15) is 4.88 Å². The van der Waals surface area contributed by atoms with Crippen molar-refractivity contribution < 1.29 is 8.78 Å². The van der Waals surface area contributed by atoms with Crippen molar-refractivity contribution >= 4 is 21.4 Å². The van der Waals surface area contributed by atoms with E-state index in [0.717, 1.165) is 22.3 Å². The van der Waals surface area contributed by atoms with Crippen molar-refractivity contribution in [1.82, 2.24) is 0 Å². The Morgan fingerprint density at radius 1 is 1.36 bits per heavy atom. The second-order valence-corrected chi connectivity index (χ2v) is 3.96. The molecule has 70 valence electrons. The molecule has 0 atom stereocenters. The van der Waals surface area contributed by atoms with Crippen molar-refractivity contribution in [2.75, 3.05) is 0 Å². The van der Waals surface area contributed by atoms with Gasteiger partial charge in [-0.25, -0.2) is 8.78 Å². The predicted octanol–water partition coefficient (Wildman–Crippen LogP) is 3.25. The monoisotopic (exact) mass is 209 g/mol. The average Bonchev–Trinajstić information content (AvgIpc) is 2.56. The van der Waals surface area contributed by atoms with Gasteiger partial charge in [0.1, 0.15) is 0 Å². The number of halogens is 2. The van der Waals surface area contributed by atoms with Crippen LogP contribution in [0.5, 0.6) is 0 Å². The van der Waals surface area contributed by atoms with Crippen molar-refractivity contribution in [1.29, 1.82) is 5.26 Å². The first-order chi connectivity index (χ1) is 6.72. The minimum Gasteiger partial charge on any atom is -0.204 e. The number of fused-ring (bicyclic) bond motifs is 1. The molecule has 1 aromatic carbocycles. The second kappa shape index (κ2) is 3.35. The van der Waals surface area contributed by atoms with Crippen LogP contribution in [0, 0.1) is 23.0 Å². The molecule has 0 aliphatic carbocycles. The lowest BCUT2D eigenvalue weighted by atomic mass is 10.2. The molecular weight excluding hydrogens is 204 g/mol. The van der Waals surface area contributed by atoms with E-state index in [1.165, 1.54) is 6.07 Å². The number of hydrogen-bond donors (Lipinski definition) is 0. The molecule has 0 radical (unpaired) electrons. The number of hydrogen-bond acceptors (Lipinski definition) is 2. The molecule has 1 aromatic heterocycles.